The summed E-state index contributed by atoms with van der Waals surface area (Å²) in [6.45, 7) is -0.582. The fourth-order valence-electron chi connectivity index (χ4n) is 3.47. The molecule has 2 aromatic carbocycles. The molecule has 4 nitrogen and oxygen atoms in total. The molecular weight excluding hydrogens is 374 g/mol. The Morgan fingerprint density at radius 1 is 0.963 bits per heavy atom. The summed E-state index contributed by atoms with van der Waals surface area (Å²) in [5, 5.41) is 19.6. The van der Waals surface area contributed by atoms with Crippen LogP contribution in [0.4, 0.5) is 8.78 Å². The zero-order valence-corrected chi connectivity index (χ0v) is 15.6. The number of hydrogen-bond donors (Lipinski definition) is 2. The summed E-state index contributed by atoms with van der Waals surface area (Å²) < 4.78 is 51.0. The quantitative estimate of drug-likeness (QED) is 0.818. The van der Waals surface area contributed by atoms with Gasteiger partial charge in [-0.3, -0.25) is 0 Å². The molecule has 0 amide bonds. The zero-order valence-electron chi connectivity index (χ0n) is 14.7. The van der Waals surface area contributed by atoms with E-state index in [2.05, 4.69) is 0 Å². The molecule has 0 heterocycles. The van der Waals surface area contributed by atoms with Crippen LogP contribution >= 0.6 is 0 Å². The van der Waals surface area contributed by atoms with Crippen LogP contribution in [0.15, 0.2) is 47.4 Å². The third-order valence-corrected chi connectivity index (χ3v) is 6.15. The third-order valence-electron chi connectivity index (χ3n) is 5.03. The number of rotatable bonds is 5. The van der Waals surface area contributed by atoms with E-state index in [1.54, 1.807) is 12.1 Å². The molecule has 144 valence electrons. The Labute approximate surface area is 156 Å². The van der Waals surface area contributed by atoms with E-state index in [0.717, 1.165) is 18.4 Å². The largest absolute Gasteiger partial charge is 0.396 e. The first-order chi connectivity index (χ1) is 12.7. The van der Waals surface area contributed by atoms with E-state index in [4.69, 9.17) is 0 Å². The van der Waals surface area contributed by atoms with E-state index >= 15 is 0 Å². The minimum Gasteiger partial charge on any atom is -0.396 e. The van der Waals surface area contributed by atoms with Gasteiger partial charge in [0, 0.05) is 23.3 Å². The van der Waals surface area contributed by atoms with Gasteiger partial charge in [-0.1, -0.05) is 12.1 Å². The number of sulfone groups is 1. The molecule has 0 unspecified atom stereocenters. The molecule has 1 aliphatic rings. The molecular formula is C20H20F2O4S. The van der Waals surface area contributed by atoms with Gasteiger partial charge in [0.2, 0.25) is 0 Å². The topological polar surface area (TPSA) is 74.6 Å². The summed E-state index contributed by atoms with van der Waals surface area (Å²) >= 11 is 0. The SMILES string of the molecule is CS(=O)(=O)c1ccc(C2=C(c3ccc(F)cc3F)CC(CO)(CO)C2)cc1. The van der Waals surface area contributed by atoms with Gasteiger partial charge >= 0.3 is 0 Å². The van der Waals surface area contributed by atoms with E-state index in [0.29, 0.717) is 23.1 Å². The standard InChI is InChI=1S/C20H20F2O4S/c1-27(25,26)15-5-2-13(3-6-15)17-9-20(11-23,12-24)10-18(17)16-7-4-14(21)8-19(16)22/h2-8,23-24H,9-12H2,1H3. The lowest BCUT2D eigenvalue weighted by atomic mass is 9.84. The molecule has 7 heteroatoms. The second-order valence-corrected chi connectivity index (χ2v) is 9.06. The van der Waals surface area contributed by atoms with Crippen LogP contribution in [0.2, 0.25) is 0 Å². The number of allylic oxidation sites excluding steroid dienone is 2. The fourth-order valence-corrected chi connectivity index (χ4v) is 4.10. The maximum Gasteiger partial charge on any atom is 0.175 e. The minimum absolute atomic E-state index is 0.162. The van der Waals surface area contributed by atoms with Crippen molar-refractivity contribution >= 4 is 21.0 Å². The van der Waals surface area contributed by atoms with Gasteiger partial charge in [-0.15, -0.1) is 0 Å². The number of benzene rings is 2. The average molecular weight is 394 g/mol. The first kappa shape index (κ1) is 19.7. The number of aliphatic hydroxyl groups is 2. The van der Waals surface area contributed by atoms with Crippen LogP contribution in [0.5, 0.6) is 0 Å². The first-order valence-corrected chi connectivity index (χ1v) is 10.3. The van der Waals surface area contributed by atoms with Gasteiger partial charge < -0.3 is 10.2 Å². The van der Waals surface area contributed by atoms with Crippen molar-refractivity contribution in [2.45, 2.75) is 17.7 Å². The third kappa shape index (κ3) is 3.81. The molecule has 0 atom stereocenters. The van der Waals surface area contributed by atoms with Crippen molar-refractivity contribution in [2.24, 2.45) is 5.41 Å². The van der Waals surface area contributed by atoms with E-state index in [1.807, 2.05) is 0 Å². The second kappa shape index (κ2) is 7.14. The Kier molecular flexibility index (Phi) is 5.20. The van der Waals surface area contributed by atoms with Crippen LogP contribution in [0.1, 0.15) is 24.0 Å². The van der Waals surface area contributed by atoms with E-state index < -0.39 is 26.9 Å². The lowest BCUT2D eigenvalue weighted by Gasteiger charge is -2.24. The van der Waals surface area contributed by atoms with Gasteiger partial charge in [0.15, 0.2) is 9.84 Å². The molecule has 2 aromatic rings. The maximum absolute atomic E-state index is 14.4. The van der Waals surface area contributed by atoms with E-state index in [-0.39, 0.29) is 30.1 Å². The van der Waals surface area contributed by atoms with Crippen LogP contribution < -0.4 is 0 Å². The lowest BCUT2D eigenvalue weighted by molar-refractivity contribution is 0.0677. The van der Waals surface area contributed by atoms with Crippen molar-refractivity contribution in [1.82, 2.24) is 0 Å². The molecule has 0 aromatic heterocycles. The fraction of sp³-hybridized carbons (Fsp3) is 0.300. The molecule has 0 spiro atoms. The summed E-state index contributed by atoms with van der Waals surface area (Å²) in [5.41, 5.74) is 1.31. The van der Waals surface area contributed by atoms with Gasteiger partial charge in [-0.2, -0.15) is 0 Å². The van der Waals surface area contributed by atoms with Crippen LogP contribution in [0.3, 0.4) is 0 Å². The highest BCUT2D eigenvalue weighted by Crippen LogP contribution is 2.50. The van der Waals surface area contributed by atoms with E-state index in [1.165, 1.54) is 18.2 Å². The predicted molar refractivity (Wildman–Crippen MR) is 98.6 cm³/mol. The Bertz CT molecular complexity index is 991. The highest BCUT2D eigenvalue weighted by atomic mass is 32.2. The van der Waals surface area contributed by atoms with Gasteiger partial charge in [0.1, 0.15) is 11.6 Å². The van der Waals surface area contributed by atoms with Crippen molar-refractivity contribution in [2.75, 3.05) is 19.5 Å². The number of aliphatic hydroxyl groups excluding tert-OH is 2. The molecule has 0 saturated heterocycles. The van der Waals surface area contributed by atoms with Gasteiger partial charge in [0.25, 0.3) is 0 Å². The zero-order chi connectivity index (χ0) is 19.8. The van der Waals surface area contributed by atoms with Gasteiger partial charge in [0.05, 0.1) is 18.1 Å². The summed E-state index contributed by atoms with van der Waals surface area (Å²) in [6, 6.07) is 9.48. The Hall–Kier alpha value is -2.09. The highest BCUT2D eigenvalue weighted by Gasteiger charge is 2.39. The molecule has 3 rings (SSSR count). The number of hydrogen-bond acceptors (Lipinski definition) is 4. The monoisotopic (exact) mass is 394 g/mol. The molecule has 0 fully saturated rings. The van der Waals surface area contributed by atoms with Crippen molar-refractivity contribution in [3.8, 4) is 0 Å². The van der Waals surface area contributed by atoms with Gasteiger partial charge in [-0.05, 0) is 53.8 Å². The molecule has 0 radical (unpaired) electrons. The molecule has 2 N–H and O–H groups in total. The van der Waals surface area contributed by atoms with Crippen molar-refractivity contribution in [3.05, 3.63) is 65.2 Å². The smallest absolute Gasteiger partial charge is 0.175 e. The van der Waals surface area contributed by atoms with Crippen molar-refractivity contribution in [1.29, 1.82) is 0 Å². The Morgan fingerprint density at radius 2 is 1.56 bits per heavy atom. The maximum atomic E-state index is 14.4. The number of halogens is 2. The molecule has 1 aliphatic carbocycles. The summed E-state index contributed by atoms with van der Waals surface area (Å²) in [5.74, 6) is -1.41. The summed E-state index contributed by atoms with van der Waals surface area (Å²) in [6.07, 6.45) is 1.63. The van der Waals surface area contributed by atoms with E-state index in [9.17, 15) is 27.4 Å². The van der Waals surface area contributed by atoms with Gasteiger partial charge in [-0.25, -0.2) is 17.2 Å². The van der Waals surface area contributed by atoms with Crippen LogP contribution in [-0.4, -0.2) is 38.1 Å². The molecule has 0 aliphatic heterocycles. The van der Waals surface area contributed by atoms with Crippen LogP contribution in [0, 0.1) is 17.0 Å². The summed E-state index contributed by atoms with van der Waals surface area (Å²) in [4.78, 5) is 0.162. The minimum atomic E-state index is -3.35. The first-order valence-electron chi connectivity index (χ1n) is 8.39. The Morgan fingerprint density at radius 3 is 2.07 bits per heavy atom. The molecule has 0 bridgehead atoms. The van der Waals surface area contributed by atoms with Crippen LogP contribution in [0.25, 0.3) is 11.1 Å². The van der Waals surface area contributed by atoms with Crippen molar-refractivity contribution < 1.29 is 27.4 Å². The second-order valence-electron chi connectivity index (χ2n) is 7.05. The summed E-state index contributed by atoms with van der Waals surface area (Å²) in [7, 11) is -3.35. The van der Waals surface area contributed by atoms with Crippen molar-refractivity contribution in [3.63, 3.8) is 0 Å². The molecule has 0 saturated carbocycles. The van der Waals surface area contributed by atoms with Crippen LogP contribution in [-0.2, 0) is 9.84 Å². The highest BCUT2D eigenvalue weighted by molar-refractivity contribution is 7.90. The molecule has 27 heavy (non-hydrogen) atoms. The lowest BCUT2D eigenvalue weighted by Crippen LogP contribution is -2.27. The normalized spacial score (nSPS) is 16.8. The Balaban J connectivity index is 2.14. The average Bonchev–Trinajstić information content (AvgIpc) is 3.01. The predicted octanol–water partition coefficient (Wildman–Crippen LogP) is 3.04.